The van der Waals surface area contributed by atoms with Crippen LogP contribution in [0.15, 0.2) is 30.6 Å². The summed E-state index contributed by atoms with van der Waals surface area (Å²) in [6, 6.07) is 5.67. The molecule has 0 spiro atoms. The van der Waals surface area contributed by atoms with Gasteiger partial charge in [0.05, 0.1) is 15.6 Å². The summed E-state index contributed by atoms with van der Waals surface area (Å²) >= 11 is 12.8. The zero-order valence-corrected chi connectivity index (χ0v) is 14.7. The fourth-order valence-corrected chi connectivity index (χ4v) is 3.80. The number of carbonyl (C=O) groups is 1. The number of aromatic nitrogens is 2. The second kappa shape index (κ2) is 6.33. The molecule has 1 aliphatic rings. The first-order valence-electron chi connectivity index (χ1n) is 7.90. The molecular formula is C18H15Cl2N3O2. The molecule has 1 aliphatic heterocycles. The van der Waals surface area contributed by atoms with E-state index in [4.69, 9.17) is 28.3 Å². The molecule has 7 heteroatoms. The molecular weight excluding hydrogens is 361 g/mol. The maximum absolute atomic E-state index is 11.9. The fourth-order valence-electron chi connectivity index (χ4n) is 3.40. The average Bonchev–Trinajstić information content (AvgIpc) is 3.03. The Bertz CT molecular complexity index is 970. The molecule has 0 aliphatic carbocycles. The molecule has 128 valence electrons. The van der Waals surface area contributed by atoms with Crippen LogP contribution in [0.1, 0.15) is 11.3 Å². The van der Waals surface area contributed by atoms with Crippen molar-refractivity contribution in [1.29, 1.82) is 0 Å². The van der Waals surface area contributed by atoms with Crippen molar-refractivity contribution in [2.75, 3.05) is 13.2 Å². The summed E-state index contributed by atoms with van der Waals surface area (Å²) in [5.74, 6) is -0.275. The number of nitrogens with one attached hydrogen (secondary N) is 1. The van der Waals surface area contributed by atoms with E-state index in [9.17, 15) is 4.79 Å². The van der Waals surface area contributed by atoms with Gasteiger partial charge in [-0.05, 0) is 17.7 Å². The minimum Gasteiger partial charge on any atom is -0.387 e. The molecule has 5 nitrogen and oxygen atoms in total. The van der Waals surface area contributed by atoms with Crippen molar-refractivity contribution < 1.29 is 9.90 Å². The lowest BCUT2D eigenvalue weighted by Gasteiger charge is -2.27. The number of aromatic amines is 1. The zero-order chi connectivity index (χ0) is 17.6. The van der Waals surface area contributed by atoms with Crippen LogP contribution in [-0.4, -0.2) is 39.0 Å². The highest BCUT2D eigenvalue weighted by atomic mass is 35.5. The number of hydrogen-bond donors (Lipinski definition) is 2. The number of pyridine rings is 1. The van der Waals surface area contributed by atoms with Gasteiger partial charge in [0, 0.05) is 54.1 Å². The molecule has 3 heterocycles. The van der Waals surface area contributed by atoms with E-state index >= 15 is 0 Å². The van der Waals surface area contributed by atoms with Crippen LogP contribution < -0.4 is 0 Å². The molecule has 0 fully saturated rings. The minimum absolute atomic E-state index is 0.275. The lowest BCUT2D eigenvalue weighted by Crippen LogP contribution is -2.37. The van der Waals surface area contributed by atoms with Crippen LogP contribution in [0.2, 0.25) is 10.0 Å². The van der Waals surface area contributed by atoms with Gasteiger partial charge in [-0.15, -0.1) is 0 Å². The molecule has 0 atom stereocenters. The first-order chi connectivity index (χ1) is 12.1. The monoisotopic (exact) mass is 375 g/mol. The third-order valence-electron chi connectivity index (χ3n) is 4.60. The molecule has 4 rings (SSSR count). The molecule has 0 saturated heterocycles. The van der Waals surface area contributed by atoms with Crippen LogP contribution in [0, 0.1) is 0 Å². The smallest absolute Gasteiger partial charge is 0.248 e. The second-order valence-electron chi connectivity index (χ2n) is 6.02. The lowest BCUT2D eigenvalue weighted by molar-refractivity contribution is -0.135. The molecule has 3 aromatic rings. The molecule has 1 aromatic carbocycles. The highest BCUT2D eigenvalue weighted by molar-refractivity contribution is 6.45. The molecule has 0 radical (unpaired) electrons. The quantitative estimate of drug-likeness (QED) is 0.720. The Morgan fingerprint density at radius 3 is 2.96 bits per heavy atom. The summed E-state index contributed by atoms with van der Waals surface area (Å²) in [6.45, 7) is 0.506. The number of fused-ring (bicyclic) bond motifs is 3. The van der Waals surface area contributed by atoms with Crippen molar-refractivity contribution in [3.63, 3.8) is 0 Å². The van der Waals surface area contributed by atoms with Crippen LogP contribution in [0.3, 0.4) is 0 Å². The Morgan fingerprint density at radius 2 is 2.24 bits per heavy atom. The standard InChI is InChI=1S/C18H15Cl2N3O2/c19-13-6-11(10-2-1-4-21-7-10)16-12-8-23(15(25)9-24)5-3-14(12)22-18(16)17(13)20/h1-2,4,6-7,22,24H,3,5,8-9H2. The SMILES string of the molecule is O=C(CO)N1CCc2[nH]c3c(Cl)c(Cl)cc(-c4cccnc4)c3c2C1. The molecule has 2 N–H and O–H groups in total. The zero-order valence-electron chi connectivity index (χ0n) is 13.2. The Labute approximate surface area is 154 Å². The van der Waals surface area contributed by atoms with Gasteiger partial charge in [0.2, 0.25) is 5.91 Å². The first-order valence-corrected chi connectivity index (χ1v) is 8.66. The number of H-pyrrole nitrogens is 1. The lowest BCUT2D eigenvalue weighted by atomic mass is 9.97. The number of nitrogens with zero attached hydrogens (tertiary/aromatic N) is 2. The Kier molecular flexibility index (Phi) is 4.15. The van der Waals surface area contributed by atoms with E-state index in [1.165, 1.54) is 0 Å². The summed E-state index contributed by atoms with van der Waals surface area (Å²) in [7, 11) is 0. The maximum atomic E-state index is 11.9. The van der Waals surface area contributed by atoms with Gasteiger partial charge in [0.25, 0.3) is 0 Å². The topological polar surface area (TPSA) is 69.2 Å². The summed E-state index contributed by atoms with van der Waals surface area (Å²) in [5.41, 5.74) is 4.69. The van der Waals surface area contributed by atoms with Crippen molar-refractivity contribution >= 4 is 40.0 Å². The van der Waals surface area contributed by atoms with Gasteiger partial charge in [-0.2, -0.15) is 0 Å². The number of hydrogen-bond acceptors (Lipinski definition) is 3. The van der Waals surface area contributed by atoms with Crippen LogP contribution in [0.25, 0.3) is 22.0 Å². The fraction of sp³-hybridized carbons (Fsp3) is 0.222. The average molecular weight is 376 g/mol. The second-order valence-corrected chi connectivity index (χ2v) is 6.80. The van der Waals surface area contributed by atoms with Crippen LogP contribution in [-0.2, 0) is 17.8 Å². The third-order valence-corrected chi connectivity index (χ3v) is 5.39. The van der Waals surface area contributed by atoms with Crippen LogP contribution in [0.5, 0.6) is 0 Å². The van der Waals surface area contributed by atoms with E-state index in [0.29, 0.717) is 29.6 Å². The van der Waals surface area contributed by atoms with E-state index in [2.05, 4.69) is 9.97 Å². The third kappa shape index (κ3) is 2.68. The van der Waals surface area contributed by atoms with Gasteiger partial charge in [-0.1, -0.05) is 29.3 Å². The van der Waals surface area contributed by atoms with Crippen molar-refractivity contribution in [3.8, 4) is 11.1 Å². The predicted octanol–water partition coefficient (Wildman–Crippen LogP) is 3.41. The molecule has 1 amide bonds. The number of carbonyl (C=O) groups excluding carboxylic acids is 1. The van der Waals surface area contributed by atoms with E-state index in [1.807, 2.05) is 18.2 Å². The highest BCUT2D eigenvalue weighted by Crippen LogP contribution is 2.42. The number of amides is 1. The summed E-state index contributed by atoms with van der Waals surface area (Å²) in [5, 5.41) is 11.1. The molecule has 2 aromatic heterocycles. The number of aliphatic hydroxyl groups is 1. The molecule has 25 heavy (non-hydrogen) atoms. The van der Waals surface area contributed by atoms with Crippen LogP contribution >= 0.6 is 23.2 Å². The highest BCUT2D eigenvalue weighted by Gasteiger charge is 2.26. The number of halogens is 2. The van der Waals surface area contributed by atoms with Gasteiger partial charge in [0.15, 0.2) is 0 Å². The number of rotatable bonds is 2. The van der Waals surface area contributed by atoms with Crippen molar-refractivity contribution in [1.82, 2.24) is 14.9 Å². The van der Waals surface area contributed by atoms with E-state index in [1.54, 1.807) is 17.3 Å². The number of aliphatic hydroxyl groups excluding tert-OH is 1. The van der Waals surface area contributed by atoms with Gasteiger partial charge in [0.1, 0.15) is 6.61 Å². The molecule has 0 bridgehead atoms. The van der Waals surface area contributed by atoms with E-state index < -0.39 is 6.61 Å². The maximum Gasteiger partial charge on any atom is 0.248 e. The van der Waals surface area contributed by atoms with E-state index in [0.717, 1.165) is 33.3 Å². The van der Waals surface area contributed by atoms with Gasteiger partial charge >= 0.3 is 0 Å². The Balaban J connectivity index is 1.97. The van der Waals surface area contributed by atoms with Crippen molar-refractivity contribution in [3.05, 3.63) is 51.9 Å². The Hall–Kier alpha value is -2.08. The largest absolute Gasteiger partial charge is 0.387 e. The number of benzene rings is 1. The van der Waals surface area contributed by atoms with E-state index in [-0.39, 0.29) is 5.91 Å². The molecule has 0 unspecified atom stereocenters. The minimum atomic E-state index is -0.486. The normalized spacial score (nSPS) is 14.0. The first kappa shape index (κ1) is 16.4. The van der Waals surface area contributed by atoms with Crippen LogP contribution in [0.4, 0.5) is 0 Å². The summed E-state index contributed by atoms with van der Waals surface area (Å²) < 4.78 is 0. The van der Waals surface area contributed by atoms with Crippen molar-refractivity contribution in [2.45, 2.75) is 13.0 Å². The van der Waals surface area contributed by atoms with Gasteiger partial charge < -0.3 is 15.0 Å². The molecule has 0 saturated carbocycles. The Morgan fingerprint density at radius 1 is 1.40 bits per heavy atom. The van der Waals surface area contributed by atoms with Crippen molar-refractivity contribution in [2.24, 2.45) is 0 Å². The predicted molar refractivity (Wildman–Crippen MR) is 97.8 cm³/mol. The van der Waals surface area contributed by atoms with Gasteiger partial charge in [-0.25, -0.2) is 0 Å². The summed E-state index contributed by atoms with van der Waals surface area (Å²) in [4.78, 5) is 21.1. The summed E-state index contributed by atoms with van der Waals surface area (Å²) in [6.07, 6.45) is 4.17. The van der Waals surface area contributed by atoms with Gasteiger partial charge in [-0.3, -0.25) is 9.78 Å².